The molecule has 138 valence electrons. The van der Waals surface area contributed by atoms with E-state index >= 15 is 0 Å². The van der Waals surface area contributed by atoms with Crippen molar-refractivity contribution in [1.29, 1.82) is 0 Å². The summed E-state index contributed by atoms with van der Waals surface area (Å²) in [7, 11) is 0. The molecule has 0 radical (unpaired) electrons. The van der Waals surface area contributed by atoms with Gasteiger partial charge in [0, 0.05) is 11.6 Å². The molecule has 0 heterocycles. The first-order chi connectivity index (χ1) is 11.9. The number of ether oxygens (including phenoxy) is 1. The predicted molar refractivity (Wildman–Crippen MR) is 102 cm³/mol. The Morgan fingerprint density at radius 2 is 1.58 bits per heavy atom. The number of nitro groups is 1. The number of carbonyl (C=O) groups excluding carboxylic acids is 1. The molecule has 2 rings (SSSR count). The fourth-order valence-corrected chi connectivity index (χ4v) is 2.63. The molecule has 0 fully saturated rings. The molecule has 0 unspecified atom stereocenters. The molecule has 0 spiro atoms. The smallest absolute Gasteiger partial charge is 0.350 e. The fraction of sp³-hybridized carbons (Fsp3) is 0.381. The van der Waals surface area contributed by atoms with Gasteiger partial charge in [-0.25, -0.2) is 4.79 Å². The Hall–Kier alpha value is -2.69. The molecule has 0 saturated carbocycles. The first-order valence-electron chi connectivity index (χ1n) is 8.52. The van der Waals surface area contributed by atoms with Gasteiger partial charge in [-0.15, -0.1) is 0 Å². The molecule has 2 aromatic carbocycles. The van der Waals surface area contributed by atoms with E-state index < -0.39 is 10.9 Å². The summed E-state index contributed by atoms with van der Waals surface area (Å²) in [6.45, 7) is 12.5. The van der Waals surface area contributed by atoms with Crippen LogP contribution in [0.1, 0.15) is 63.0 Å². The van der Waals surface area contributed by atoms with Crippen molar-refractivity contribution < 1.29 is 14.5 Å². The van der Waals surface area contributed by atoms with Crippen LogP contribution in [0.4, 0.5) is 5.69 Å². The van der Waals surface area contributed by atoms with E-state index in [1.54, 1.807) is 12.1 Å². The van der Waals surface area contributed by atoms with Crippen molar-refractivity contribution in [3.8, 4) is 5.75 Å². The summed E-state index contributed by atoms with van der Waals surface area (Å²) in [5.74, 6) is -0.306. The molecule has 0 bridgehead atoms. The van der Waals surface area contributed by atoms with Crippen LogP contribution in [0.3, 0.4) is 0 Å². The maximum atomic E-state index is 12.6. The third kappa shape index (κ3) is 4.28. The van der Waals surface area contributed by atoms with Crippen LogP contribution in [0.2, 0.25) is 0 Å². The van der Waals surface area contributed by atoms with Crippen LogP contribution in [0, 0.1) is 10.1 Å². The summed E-state index contributed by atoms with van der Waals surface area (Å²) in [4.78, 5) is 23.2. The van der Waals surface area contributed by atoms with Gasteiger partial charge in [0.1, 0.15) is 11.3 Å². The van der Waals surface area contributed by atoms with Gasteiger partial charge in [-0.1, -0.05) is 65.8 Å². The number of hydrogen-bond donors (Lipinski definition) is 0. The molecule has 0 N–H and O–H groups in total. The molecule has 0 amide bonds. The topological polar surface area (TPSA) is 69.4 Å². The first-order valence-corrected chi connectivity index (χ1v) is 8.52. The van der Waals surface area contributed by atoms with E-state index in [2.05, 4.69) is 20.8 Å². The zero-order chi connectivity index (χ0) is 19.7. The number of benzene rings is 2. The van der Waals surface area contributed by atoms with E-state index in [1.807, 2.05) is 32.9 Å². The predicted octanol–water partition coefficient (Wildman–Crippen LogP) is 5.41. The molecular formula is C21H25NO4. The van der Waals surface area contributed by atoms with E-state index in [1.165, 1.54) is 18.2 Å². The molecule has 0 aromatic heterocycles. The minimum absolute atomic E-state index is 0.0409. The number of nitro benzene ring substituents is 1. The van der Waals surface area contributed by atoms with E-state index in [0.717, 1.165) is 11.1 Å². The van der Waals surface area contributed by atoms with Gasteiger partial charge in [-0.05, 0) is 28.5 Å². The molecule has 26 heavy (non-hydrogen) atoms. The van der Waals surface area contributed by atoms with Gasteiger partial charge in [0.05, 0.1) is 4.92 Å². The van der Waals surface area contributed by atoms with Gasteiger partial charge in [-0.3, -0.25) is 10.1 Å². The molecule has 5 nitrogen and oxygen atoms in total. The maximum Gasteiger partial charge on any atom is 0.350 e. The van der Waals surface area contributed by atoms with Gasteiger partial charge in [0.25, 0.3) is 5.69 Å². The lowest BCUT2D eigenvalue weighted by molar-refractivity contribution is -0.385. The van der Waals surface area contributed by atoms with Crippen LogP contribution in [-0.4, -0.2) is 10.9 Å². The summed E-state index contributed by atoms with van der Waals surface area (Å²) >= 11 is 0. The summed E-state index contributed by atoms with van der Waals surface area (Å²) in [6.07, 6.45) is 0. The van der Waals surface area contributed by atoms with Gasteiger partial charge >= 0.3 is 5.97 Å². The highest BCUT2D eigenvalue weighted by molar-refractivity contribution is 5.95. The van der Waals surface area contributed by atoms with Crippen LogP contribution in [-0.2, 0) is 10.8 Å². The Morgan fingerprint density at radius 3 is 2.12 bits per heavy atom. The summed E-state index contributed by atoms with van der Waals surface area (Å²) in [5.41, 5.74) is 1.41. The molecular weight excluding hydrogens is 330 g/mol. The van der Waals surface area contributed by atoms with E-state index in [4.69, 9.17) is 4.74 Å². The minimum atomic E-state index is -0.730. The second-order valence-corrected chi connectivity index (χ2v) is 8.37. The standard InChI is InChI=1S/C21H25NO4/c1-20(2,3)14-11-12-18(16(13-14)21(4,5)6)26-19(23)15-9-7-8-10-17(15)22(24)25/h7-13H,1-6H3. The van der Waals surface area contributed by atoms with Crippen molar-refractivity contribution >= 4 is 11.7 Å². The summed E-state index contributed by atoms with van der Waals surface area (Å²) in [5, 5.41) is 11.2. The molecule has 0 atom stereocenters. The van der Waals surface area contributed by atoms with Gasteiger partial charge in [0.2, 0.25) is 0 Å². The van der Waals surface area contributed by atoms with Gasteiger partial charge < -0.3 is 4.74 Å². The summed E-state index contributed by atoms with van der Waals surface area (Å²) in [6, 6.07) is 11.5. The van der Waals surface area contributed by atoms with Crippen LogP contribution < -0.4 is 4.74 Å². The highest BCUT2D eigenvalue weighted by Crippen LogP contribution is 2.36. The Morgan fingerprint density at radius 1 is 0.962 bits per heavy atom. The first kappa shape index (κ1) is 19.6. The van der Waals surface area contributed by atoms with E-state index in [-0.39, 0.29) is 22.1 Å². The van der Waals surface area contributed by atoms with Crippen molar-refractivity contribution in [2.24, 2.45) is 0 Å². The number of rotatable bonds is 3. The largest absolute Gasteiger partial charge is 0.422 e. The molecule has 5 heteroatoms. The maximum absolute atomic E-state index is 12.6. The molecule has 0 aliphatic rings. The zero-order valence-corrected chi connectivity index (χ0v) is 16.1. The number of para-hydroxylation sites is 1. The lowest BCUT2D eigenvalue weighted by Gasteiger charge is -2.26. The Labute approximate surface area is 154 Å². The van der Waals surface area contributed by atoms with Crippen molar-refractivity contribution in [1.82, 2.24) is 0 Å². The van der Waals surface area contributed by atoms with Gasteiger partial charge in [-0.2, -0.15) is 0 Å². The van der Waals surface area contributed by atoms with Crippen molar-refractivity contribution in [2.45, 2.75) is 52.4 Å². The van der Waals surface area contributed by atoms with Crippen molar-refractivity contribution in [2.75, 3.05) is 0 Å². The van der Waals surface area contributed by atoms with Crippen molar-refractivity contribution in [3.63, 3.8) is 0 Å². The third-order valence-electron chi connectivity index (χ3n) is 4.18. The minimum Gasteiger partial charge on any atom is -0.422 e. The van der Waals surface area contributed by atoms with Crippen LogP contribution in [0.5, 0.6) is 5.75 Å². The quantitative estimate of drug-likeness (QED) is 0.319. The number of esters is 1. The Balaban J connectivity index is 2.47. The average Bonchev–Trinajstić information content (AvgIpc) is 2.53. The number of hydrogen-bond acceptors (Lipinski definition) is 4. The van der Waals surface area contributed by atoms with Crippen LogP contribution in [0.25, 0.3) is 0 Å². The third-order valence-corrected chi connectivity index (χ3v) is 4.18. The Kier molecular flexibility index (Phi) is 5.21. The van der Waals surface area contributed by atoms with Crippen LogP contribution >= 0.6 is 0 Å². The zero-order valence-electron chi connectivity index (χ0n) is 16.1. The highest BCUT2D eigenvalue weighted by Gasteiger charge is 2.26. The Bertz CT molecular complexity index is 842. The lowest BCUT2D eigenvalue weighted by atomic mass is 9.80. The molecule has 0 aliphatic carbocycles. The fourth-order valence-electron chi connectivity index (χ4n) is 2.63. The normalized spacial score (nSPS) is 11.9. The number of carbonyl (C=O) groups is 1. The molecule has 0 saturated heterocycles. The second-order valence-electron chi connectivity index (χ2n) is 8.37. The van der Waals surface area contributed by atoms with E-state index in [9.17, 15) is 14.9 Å². The second kappa shape index (κ2) is 6.90. The lowest BCUT2D eigenvalue weighted by Crippen LogP contribution is -2.19. The highest BCUT2D eigenvalue weighted by atomic mass is 16.6. The summed E-state index contributed by atoms with van der Waals surface area (Å²) < 4.78 is 5.57. The van der Waals surface area contributed by atoms with E-state index in [0.29, 0.717) is 5.75 Å². The number of nitrogens with zero attached hydrogens (tertiary/aromatic N) is 1. The van der Waals surface area contributed by atoms with Crippen LogP contribution in [0.15, 0.2) is 42.5 Å². The average molecular weight is 355 g/mol. The van der Waals surface area contributed by atoms with Crippen molar-refractivity contribution in [3.05, 3.63) is 69.3 Å². The molecule has 2 aromatic rings. The van der Waals surface area contributed by atoms with Gasteiger partial charge in [0.15, 0.2) is 0 Å². The SMILES string of the molecule is CC(C)(C)c1ccc(OC(=O)c2ccccc2[N+](=O)[O-])c(C(C)(C)C)c1. The molecule has 0 aliphatic heterocycles. The monoisotopic (exact) mass is 355 g/mol.